The number of hydrogen-bond acceptors (Lipinski definition) is 2. The molecule has 0 aromatic heterocycles. The van der Waals surface area contributed by atoms with E-state index in [1.54, 1.807) is 0 Å². The summed E-state index contributed by atoms with van der Waals surface area (Å²) in [5, 5.41) is -0.400. The minimum atomic E-state index is -0.400. The van der Waals surface area contributed by atoms with Crippen LogP contribution in [0.15, 0.2) is 11.6 Å². The van der Waals surface area contributed by atoms with Gasteiger partial charge in [-0.1, -0.05) is 24.8 Å². The summed E-state index contributed by atoms with van der Waals surface area (Å²) in [4.78, 5) is 10.7. The average Bonchev–Trinajstić information content (AvgIpc) is 2.17. The van der Waals surface area contributed by atoms with E-state index in [4.69, 9.17) is 17.3 Å². The Morgan fingerprint density at radius 2 is 2.07 bits per heavy atom. The Hall–Kier alpha value is -0.340. The molecule has 0 aliphatic heterocycles. The first-order valence-corrected chi connectivity index (χ1v) is 6.09. The highest BCUT2D eigenvalue weighted by atomic mass is 35.5. The molecule has 1 aliphatic rings. The molecule has 1 saturated carbocycles. The fraction of sp³-hybridized carbons (Fsp3) is 0.750. The van der Waals surface area contributed by atoms with Gasteiger partial charge in [0, 0.05) is 6.04 Å². The Morgan fingerprint density at radius 3 is 2.60 bits per heavy atom. The lowest BCUT2D eigenvalue weighted by molar-refractivity contribution is -0.107. The maximum atomic E-state index is 10.7. The SMILES string of the molecule is CC(=CC(=O)Cl)CC(N)C1CCCCC1. The summed E-state index contributed by atoms with van der Waals surface area (Å²) in [6.45, 7) is 1.92. The zero-order chi connectivity index (χ0) is 11.3. The number of nitrogens with two attached hydrogens (primary N) is 1. The summed E-state index contributed by atoms with van der Waals surface area (Å²) in [7, 11) is 0. The van der Waals surface area contributed by atoms with Crippen LogP contribution in [0.2, 0.25) is 0 Å². The van der Waals surface area contributed by atoms with Crippen LogP contribution in [0.1, 0.15) is 45.4 Å². The van der Waals surface area contributed by atoms with Crippen molar-refractivity contribution in [2.24, 2.45) is 11.7 Å². The summed E-state index contributed by atoms with van der Waals surface area (Å²) < 4.78 is 0. The number of carbonyl (C=O) groups excluding carboxylic acids is 1. The van der Waals surface area contributed by atoms with Crippen molar-refractivity contribution >= 4 is 16.8 Å². The predicted molar refractivity (Wildman–Crippen MR) is 63.8 cm³/mol. The molecule has 2 nitrogen and oxygen atoms in total. The topological polar surface area (TPSA) is 43.1 Å². The fourth-order valence-electron chi connectivity index (χ4n) is 2.35. The number of halogens is 1. The van der Waals surface area contributed by atoms with Gasteiger partial charge >= 0.3 is 0 Å². The largest absolute Gasteiger partial charge is 0.327 e. The Kier molecular flexibility index (Phi) is 5.34. The molecule has 2 N–H and O–H groups in total. The molecule has 0 saturated heterocycles. The molecule has 1 aliphatic carbocycles. The Balaban J connectivity index is 2.39. The maximum absolute atomic E-state index is 10.7. The summed E-state index contributed by atoms with van der Waals surface area (Å²) in [6.07, 6.45) is 8.70. The Morgan fingerprint density at radius 1 is 1.47 bits per heavy atom. The summed E-state index contributed by atoms with van der Waals surface area (Å²) >= 11 is 5.29. The van der Waals surface area contributed by atoms with Gasteiger partial charge in [0.05, 0.1) is 0 Å². The lowest BCUT2D eigenvalue weighted by Gasteiger charge is -2.27. The van der Waals surface area contributed by atoms with Gasteiger partial charge < -0.3 is 5.73 Å². The highest BCUT2D eigenvalue weighted by Crippen LogP contribution is 2.27. The van der Waals surface area contributed by atoms with Gasteiger partial charge in [-0.25, -0.2) is 0 Å². The third-order valence-corrected chi connectivity index (χ3v) is 3.28. The molecule has 0 amide bonds. The normalized spacial score (nSPS) is 21.4. The van der Waals surface area contributed by atoms with E-state index in [9.17, 15) is 4.79 Å². The molecule has 0 heterocycles. The van der Waals surface area contributed by atoms with Crippen molar-refractivity contribution in [3.8, 4) is 0 Å². The van der Waals surface area contributed by atoms with Crippen LogP contribution in [0.5, 0.6) is 0 Å². The second-order valence-electron chi connectivity index (χ2n) is 4.56. The molecule has 0 radical (unpaired) electrons. The van der Waals surface area contributed by atoms with Crippen LogP contribution in [-0.2, 0) is 4.79 Å². The van der Waals surface area contributed by atoms with Crippen LogP contribution in [0, 0.1) is 5.92 Å². The van der Waals surface area contributed by atoms with Crippen LogP contribution >= 0.6 is 11.6 Å². The predicted octanol–water partition coefficient (Wildman–Crippen LogP) is 3.00. The quantitative estimate of drug-likeness (QED) is 0.595. The Bertz CT molecular complexity index is 244. The molecule has 1 atom stereocenters. The molecule has 3 heteroatoms. The smallest absolute Gasteiger partial charge is 0.245 e. The van der Waals surface area contributed by atoms with Crippen LogP contribution < -0.4 is 5.73 Å². The number of allylic oxidation sites excluding steroid dienone is 1. The summed E-state index contributed by atoms with van der Waals surface area (Å²) in [5.41, 5.74) is 7.12. The molecule has 15 heavy (non-hydrogen) atoms. The first-order chi connectivity index (χ1) is 7.09. The average molecular weight is 230 g/mol. The zero-order valence-electron chi connectivity index (χ0n) is 9.34. The minimum Gasteiger partial charge on any atom is -0.327 e. The molecule has 1 unspecified atom stereocenters. The first kappa shape index (κ1) is 12.7. The second-order valence-corrected chi connectivity index (χ2v) is 4.93. The van der Waals surface area contributed by atoms with Gasteiger partial charge in [-0.15, -0.1) is 0 Å². The molecular weight excluding hydrogens is 210 g/mol. The number of rotatable bonds is 4. The maximum Gasteiger partial charge on any atom is 0.245 e. The van der Waals surface area contributed by atoms with Crippen molar-refractivity contribution < 1.29 is 4.79 Å². The van der Waals surface area contributed by atoms with Gasteiger partial charge in [0.25, 0.3) is 0 Å². The first-order valence-electron chi connectivity index (χ1n) is 5.72. The van der Waals surface area contributed by atoms with Gasteiger partial charge in [0.1, 0.15) is 0 Å². The van der Waals surface area contributed by atoms with E-state index in [2.05, 4.69) is 0 Å². The van der Waals surface area contributed by atoms with Crippen LogP contribution in [-0.4, -0.2) is 11.3 Å². The third kappa shape index (κ3) is 4.80. The highest BCUT2D eigenvalue weighted by Gasteiger charge is 2.20. The van der Waals surface area contributed by atoms with Gasteiger partial charge in [-0.3, -0.25) is 4.79 Å². The number of hydrogen-bond donors (Lipinski definition) is 1. The fourth-order valence-corrected chi connectivity index (χ4v) is 2.54. The van der Waals surface area contributed by atoms with Crippen molar-refractivity contribution in [2.75, 3.05) is 0 Å². The molecule has 0 spiro atoms. The summed E-state index contributed by atoms with van der Waals surface area (Å²) in [5.74, 6) is 0.632. The van der Waals surface area contributed by atoms with Gasteiger partial charge in [-0.2, -0.15) is 0 Å². The molecular formula is C12H20ClNO. The van der Waals surface area contributed by atoms with Crippen molar-refractivity contribution in [2.45, 2.75) is 51.5 Å². The lowest BCUT2D eigenvalue weighted by Crippen LogP contribution is -2.31. The van der Waals surface area contributed by atoms with E-state index in [1.165, 1.54) is 38.2 Å². The van der Waals surface area contributed by atoms with E-state index in [0.29, 0.717) is 5.92 Å². The van der Waals surface area contributed by atoms with Crippen LogP contribution in [0.25, 0.3) is 0 Å². The second kappa shape index (κ2) is 6.29. The van der Waals surface area contributed by atoms with E-state index in [1.807, 2.05) is 6.92 Å². The number of carbonyl (C=O) groups is 1. The van der Waals surface area contributed by atoms with Gasteiger partial charge in [-0.05, 0) is 49.8 Å². The zero-order valence-corrected chi connectivity index (χ0v) is 10.1. The lowest BCUT2D eigenvalue weighted by atomic mass is 9.82. The van der Waals surface area contributed by atoms with Crippen LogP contribution in [0.3, 0.4) is 0 Å². The minimum absolute atomic E-state index is 0.192. The third-order valence-electron chi connectivity index (χ3n) is 3.17. The van der Waals surface area contributed by atoms with Crippen molar-refractivity contribution in [3.63, 3.8) is 0 Å². The van der Waals surface area contributed by atoms with E-state index < -0.39 is 5.24 Å². The van der Waals surface area contributed by atoms with Gasteiger partial charge in [0.15, 0.2) is 0 Å². The van der Waals surface area contributed by atoms with E-state index in [-0.39, 0.29) is 6.04 Å². The monoisotopic (exact) mass is 229 g/mol. The van der Waals surface area contributed by atoms with Crippen molar-refractivity contribution in [3.05, 3.63) is 11.6 Å². The molecule has 1 rings (SSSR count). The Labute approximate surface area is 96.9 Å². The standard InChI is InChI=1S/C12H20ClNO/c1-9(8-12(13)15)7-11(14)10-5-3-2-4-6-10/h8,10-11H,2-7,14H2,1H3. The molecule has 86 valence electrons. The van der Waals surface area contributed by atoms with Crippen molar-refractivity contribution in [1.29, 1.82) is 0 Å². The van der Waals surface area contributed by atoms with E-state index in [0.717, 1.165) is 12.0 Å². The van der Waals surface area contributed by atoms with Crippen molar-refractivity contribution in [1.82, 2.24) is 0 Å². The summed E-state index contributed by atoms with van der Waals surface area (Å²) in [6, 6.07) is 0.192. The van der Waals surface area contributed by atoms with Gasteiger partial charge in [0.2, 0.25) is 5.24 Å². The molecule has 0 aromatic carbocycles. The molecule has 1 fully saturated rings. The molecule has 0 aromatic rings. The van der Waals surface area contributed by atoms with E-state index >= 15 is 0 Å². The van der Waals surface area contributed by atoms with Crippen LogP contribution in [0.4, 0.5) is 0 Å². The molecule has 0 bridgehead atoms. The highest BCUT2D eigenvalue weighted by molar-refractivity contribution is 6.66.